The number of rotatable bonds is 7. The van der Waals surface area contributed by atoms with Crippen molar-refractivity contribution in [2.75, 3.05) is 6.54 Å². The molecule has 0 aliphatic carbocycles. The molecule has 1 aromatic heterocycles. The fourth-order valence-electron chi connectivity index (χ4n) is 2.68. The zero-order chi connectivity index (χ0) is 14.4. The van der Waals surface area contributed by atoms with E-state index in [1.54, 1.807) is 0 Å². The third kappa shape index (κ3) is 3.80. The Morgan fingerprint density at radius 3 is 2.70 bits per heavy atom. The van der Waals surface area contributed by atoms with Crippen molar-refractivity contribution >= 4 is 10.9 Å². The van der Waals surface area contributed by atoms with Crippen LogP contribution in [-0.4, -0.2) is 17.6 Å². The molecule has 1 atom stereocenters. The number of benzene rings is 1. The summed E-state index contributed by atoms with van der Waals surface area (Å²) >= 11 is 0. The zero-order valence-corrected chi connectivity index (χ0v) is 12.9. The molecule has 0 saturated carbocycles. The monoisotopic (exact) mass is 270 g/mol. The van der Waals surface area contributed by atoms with Crippen LogP contribution in [0.2, 0.25) is 0 Å². The normalized spacial score (nSPS) is 13.0. The van der Waals surface area contributed by atoms with Crippen LogP contribution in [0.4, 0.5) is 0 Å². The first-order chi connectivity index (χ1) is 9.72. The molecule has 0 aliphatic heterocycles. The highest BCUT2D eigenvalue weighted by molar-refractivity contribution is 5.81. The maximum absolute atomic E-state index is 4.55. The van der Waals surface area contributed by atoms with Crippen LogP contribution in [0, 0.1) is 5.92 Å². The average Bonchev–Trinajstić information content (AvgIpc) is 2.47. The van der Waals surface area contributed by atoms with E-state index in [1.807, 2.05) is 12.3 Å². The number of para-hydroxylation sites is 1. The molecule has 20 heavy (non-hydrogen) atoms. The predicted octanol–water partition coefficient (Wildman–Crippen LogP) is 4.19. The lowest BCUT2D eigenvalue weighted by Crippen LogP contribution is -2.34. The Kier molecular flexibility index (Phi) is 5.54. The highest BCUT2D eigenvalue weighted by Gasteiger charge is 2.13. The molecule has 1 aromatic carbocycles. The minimum absolute atomic E-state index is 0.592. The molecular formula is C18H26N2. The largest absolute Gasteiger partial charge is 0.314 e. The van der Waals surface area contributed by atoms with Gasteiger partial charge in [0.15, 0.2) is 0 Å². The summed E-state index contributed by atoms with van der Waals surface area (Å²) in [4.78, 5) is 4.55. The van der Waals surface area contributed by atoms with Crippen LogP contribution < -0.4 is 5.32 Å². The second-order valence-corrected chi connectivity index (χ2v) is 5.84. The number of fused-ring (bicyclic) bond motifs is 1. The van der Waals surface area contributed by atoms with Crippen molar-refractivity contribution in [2.24, 2.45) is 5.92 Å². The number of aromatic nitrogens is 1. The van der Waals surface area contributed by atoms with E-state index in [2.05, 4.69) is 55.3 Å². The van der Waals surface area contributed by atoms with Crippen LogP contribution in [-0.2, 0) is 6.42 Å². The molecule has 2 rings (SSSR count). The number of pyridine rings is 1. The van der Waals surface area contributed by atoms with Crippen LogP contribution in [0.1, 0.15) is 39.2 Å². The van der Waals surface area contributed by atoms with Gasteiger partial charge in [0.1, 0.15) is 0 Å². The summed E-state index contributed by atoms with van der Waals surface area (Å²) in [5.74, 6) is 0.671. The molecular weight excluding hydrogens is 244 g/mol. The van der Waals surface area contributed by atoms with Gasteiger partial charge in [-0.3, -0.25) is 4.98 Å². The topological polar surface area (TPSA) is 24.9 Å². The highest BCUT2D eigenvalue weighted by Crippen LogP contribution is 2.19. The van der Waals surface area contributed by atoms with Gasteiger partial charge in [-0.05, 0) is 43.4 Å². The van der Waals surface area contributed by atoms with Crippen molar-refractivity contribution < 1.29 is 0 Å². The third-order valence-corrected chi connectivity index (χ3v) is 3.90. The molecule has 0 radical (unpaired) electrons. The quantitative estimate of drug-likeness (QED) is 0.816. The molecule has 0 bridgehead atoms. The molecule has 0 amide bonds. The number of nitrogens with one attached hydrogen (secondary N) is 1. The van der Waals surface area contributed by atoms with E-state index in [-0.39, 0.29) is 0 Å². The lowest BCUT2D eigenvalue weighted by atomic mass is 9.95. The van der Waals surface area contributed by atoms with E-state index in [1.165, 1.54) is 23.8 Å². The van der Waals surface area contributed by atoms with E-state index in [0.29, 0.717) is 12.0 Å². The first-order valence-corrected chi connectivity index (χ1v) is 7.78. The van der Waals surface area contributed by atoms with Crippen LogP contribution in [0.25, 0.3) is 10.9 Å². The van der Waals surface area contributed by atoms with Gasteiger partial charge >= 0.3 is 0 Å². The number of nitrogens with zero attached hydrogens (tertiary/aromatic N) is 1. The Morgan fingerprint density at radius 1 is 1.15 bits per heavy atom. The summed E-state index contributed by atoms with van der Waals surface area (Å²) in [6.07, 6.45) is 5.35. The van der Waals surface area contributed by atoms with Crippen LogP contribution in [0.5, 0.6) is 0 Å². The van der Waals surface area contributed by atoms with Gasteiger partial charge in [0.05, 0.1) is 5.52 Å². The first-order valence-electron chi connectivity index (χ1n) is 7.78. The minimum Gasteiger partial charge on any atom is -0.314 e. The number of hydrogen-bond acceptors (Lipinski definition) is 2. The average molecular weight is 270 g/mol. The summed E-state index contributed by atoms with van der Waals surface area (Å²) in [5, 5.41) is 4.91. The van der Waals surface area contributed by atoms with Crippen molar-refractivity contribution in [2.45, 2.75) is 46.1 Å². The molecule has 1 N–H and O–H groups in total. The smallest absolute Gasteiger partial charge is 0.0733 e. The molecule has 0 fully saturated rings. The SMILES string of the molecule is CCCNC(CCc1cccc2cccnc12)C(C)C. The van der Waals surface area contributed by atoms with Gasteiger partial charge in [-0.1, -0.05) is 45.0 Å². The Balaban J connectivity index is 2.07. The first kappa shape index (κ1) is 15.0. The fourth-order valence-corrected chi connectivity index (χ4v) is 2.68. The molecule has 0 saturated heterocycles. The maximum Gasteiger partial charge on any atom is 0.0733 e. The summed E-state index contributed by atoms with van der Waals surface area (Å²) in [7, 11) is 0. The summed E-state index contributed by atoms with van der Waals surface area (Å²) in [5.41, 5.74) is 2.53. The molecule has 2 aromatic rings. The molecule has 108 valence electrons. The third-order valence-electron chi connectivity index (χ3n) is 3.90. The standard InChI is InChI=1S/C18H26N2/c1-4-12-19-17(14(2)3)11-10-16-8-5-7-15-9-6-13-20-18(15)16/h5-9,13-14,17,19H,4,10-12H2,1-3H3. The Bertz CT molecular complexity index is 528. The van der Waals surface area contributed by atoms with E-state index >= 15 is 0 Å². The van der Waals surface area contributed by atoms with E-state index in [4.69, 9.17) is 0 Å². The summed E-state index contributed by atoms with van der Waals surface area (Å²) in [6.45, 7) is 7.93. The molecule has 2 nitrogen and oxygen atoms in total. The number of aryl methyl sites for hydroxylation is 1. The Labute approximate surface area is 122 Å². The van der Waals surface area contributed by atoms with Gasteiger partial charge in [0, 0.05) is 17.6 Å². The second-order valence-electron chi connectivity index (χ2n) is 5.84. The van der Waals surface area contributed by atoms with E-state index in [9.17, 15) is 0 Å². The van der Waals surface area contributed by atoms with Gasteiger partial charge in [0.2, 0.25) is 0 Å². The minimum atomic E-state index is 0.592. The highest BCUT2D eigenvalue weighted by atomic mass is 14.9. The van der Waals surface area contributed by atoms with Gasteiger partial charge in [-0.15, -0.1) is 0 Å². The van der Waals surface area contributed by atoms with E-state index in [0.717, 1.165) is 18.5 Å². The molecule has 2 heteroatoms. The Hall–Kier alpha value is -1.41. The van der Waals surface area contributed by atoms with Crippen molar-refractivity contribution in [3.05, 3.63) is 42.1 Å². The van der Waals surface area contributed by atoms with E-state index < -0.39 is 0 Å². The predicted molar refractivity (Wildman–Crippen MR) is 87.0 cm³/mol. The molecule has 1 unspecified atom stereocenters. The zero-order valence-electron chi connectivity index (χ0n) is 12.9. The van der Waals surface area contributed by atoms with Gasteiger partial charge < -0.3 is 5.32 Å². The van der Waals surface area contributed by atoms with Gasteiger partial charge in [-0.25, -0.2) is 0 Å². The lowest BCUT2D eigenvalue weighted by Gasteiger charge is -2.22. The van der Waals surface area contributed by atoms with Gasteiger partial charge in [0.25, 0.3) is 0 Å². The van der Waals surface area contributed by atoms with Crippen LogP contribution in [0.15, 0.2) is 36.5 Å². The maximum atomic E-state index is 4.55. The van der Waals surface area contributed by atoms with Crippen LogP contribution in [0.3, 0.4) is 0 Å². The molecule has 0 aliphatic rings. The second kappa shape index (κ2) is 7.39. The van der Waals surface area contributed by atoms with Crippen molar-refractivity contribution in [3.63, 3.8) is 0 Å². The molecule has 0 spiro atoms. The Morgan fingerprint density at radius 2 is 1.95 bits per heavy atom. The summed E-state index contributed by atoms with van der Waals surface area (Å²) in [6, 6.07) is 11.2. The lowest BCUT2D eigenvalue weighted by molar-refractivity contribution is 0.378. The van der Waals surface area contributed by atoms with Crippen molar-refractivity contribution in [1.82, 2.24) is 10.3 Å². The number of hydrogen-bond donors (Lipinski definition) is 1. The van der Waals surface area contributed by atoms with Crippen molar-refractivity contribution in [1.29, 1.82) is 0 Å². The fraction of sp³-hybridized carbons (Fsp3) is 0.500. The summed E-state index contributed by atoms with van der Waals surface area (Å²) < 4.78 is 0. The molecule has 1 heterocycles. The van der Waals surface area contributed by atoms with Crippen molar-refractivity contribution in [3.8, 4) is 0 Å². The van der Waals surface area contributed by atoms with Gasteiger partial charge in [-0.2, -0.15) is 0 Å². The van der Waals surface area contributed by atoms with Crippen LogP contribution >= 0.6 is 0 Å².